The maximum atomic E-state index is 5.22. The van der Waals surface area contributed by atoms with Crippen LogP contribution in [0.25, 0.3) is 100 Å². The Morgan fingerprint density at radius 2 is 0.714 bits per heavy atom. The van der Waals surface area contributed by atoms with E-state index in [-0.39, 0.29) is 0 Å². The number of para-hydroxylation sites is 3. The van der Waals surface area contributed by atoms with E-state index in [2.05, 4.69) is 203 Å². The molecule has 0 aliphatic heterocycles. The standard InChI is InChI=1S/C52H34N4/c1-4-16-35(17-5-1)40-22-10-13-25-47(40)55-48-26-14-11-23-41(48)43-32-38(28-30-50(43)55)39-29-31-51-44(33-39)42-24-12-15-27-49(42)56(51)52-53-45(36-18-6-2-7-19-36)34-46(54-52)37-20-8-3-9-21-37/h1-34H. The summed E-state index contributed by atoms with van der Waals surface area (Å²) in [6.07, 6.45) is 0. The van der Waals surface area contributed by atoms with Gasteiger partial charge in [0.25, 0.3) is 0 Å². The van der Waals surface area contributed by atoms with Crippen molar-refractivity contribution < 1.29 is 0 Å². The van der Waals surface area contributed by atoms with Crippen molar-refractivity contribution >= 4 is 43.6 Å². The van der Waals surface area contributed by atoms with Crippen molar-refractivity contribution in [1.29, 1.82) is 0 Å². The van der Waals surface area contributed by atoms with Crippen molar-refractivity contribution in [3.05, 3.63) is 206 Å². The van der Waals surface area contributed by atoms with Crippen LogP contribution < -0.4 is 0 Å². The predicted molar refractivity (Wildman–Crippen MR) is 232 cm³/mol. The van der Waals surface area contributed by atoms with Crippen LogP contribution in [0.5, 0.6) is 0 Å². The zero-order valence-corrected chi connectivity index (χ0v) is 30.4. The van der Waals surface area contributed by atoms with Crippen LogP contribution >= 0.6 is 0 Å². The van der Waals surface area contributed by atoms with Gasteiger partial charge in [-0.15, -0.1) is 0 Å². The van der Waals surface area contributed by atoms with Crippen LogP contribution in [0, 0.1) is 0 Å². The highest BCUT2D eigenvalue weighted by atomic mass is 15.2. The first-order valence-electron chi connectivity index (χ1n) is 19.0. The molecule has 0 saturated carbocycles. The molecule has 0 N–H and O–H groups in total. The summed E-state index contributed by atoms with van der Waals surface area (Å²) in [5.74, 6) is 0.647. The number of hydrogen-bond acceptors (Lipinski definition) is 2. The maximum absolute atomic E-state index is 5.22. The predicted octanol–water partition coefficient (Wildman–Crippen LogP) is 13.3. The van der Waals surface area contributed by atoms with Crippen LogP contribution in [0.4, 0.5) is 0 Å². The molecule has 0 fully saturated rings. The van der Waals surface area contributed by atoms with E-state index >= 15 is 0 Å². The fraction of sp³-hybridized carbons (Fsp3) is 0. The Kier molecular flexibility index (Phi) is 7.46. The summed E-state index contributed by atoms with van der Waals surface area (Å²) in [6.45, 7) is 0. The summed E-state index contributed by atoms with van der Waals surface area (Å²) in [6, 6.07) is 73.2. The fourth-order valence-electron chi connectivity index (χ4n) is 8.36. The molecule has 3 heterocycles. The fourth-order valence-corrected chi connectivity index (χ4v) is 8.36. The van der Waals surface area contributed by atoms with Crippen molar-refractivity contribution in [3.8, 4) is 56.4 Å². The van der Waals surface area contributed by atoms with Crippen molar-refractivity contribution in [2.24, 2.45) is 0 Å². The lowest BCUT2D eigenvalue weighted by molar-refractivity contribution is 0.995. The third-order valence-corrected chi connectivity index (χ3v) is 11.0. The quantitative estimate of drug-likeness (QED) is 0.172. The largest absolute Gasteiger partial charge is 0.309 e. The number of fused-ring (bicyclic) bond motifs is 6. The van der Waals surface area contributed by atoms with Gasteiger partial charge in [-0.2, -0.15) is 0 Å². The summed E-state index contributed by atoms with van der Waals surface area (Å²) in [4.78, 5) is 10.4. The Balaban J connectivity index is 1.09. The van der Waals surface area contributed by atoms with E-state index in [1.807, 2.05) is 12.1 Å². The van der Waals surface area contributed by atoms with E-state index < -0.39 is 0 Å². The van der Waals surface area contributed by atoms with Gasteiger partial charge in [0.1, 0.15) is 0 Å². The molecular formula is C52H34N4. The smallest absolute Gasteiger partial charge is 0.235 e. The van der Waals surface area contributed by atoms with Crippen LogP contribution in [-0.2, 0) is 0 Å². The van der Waals surface area contributed by atoms with E-state index in [0.717, 1.165) is 49.9 Å². The minimum atomic E-state index is 0.647. The van der Waals surface area contributed by atoms with E-state index in [0.29, 0.717) is 5.95 Å². The first kappa shape index (κ1) is 31.9. The van der Waals surface area contributed by atoms with Gasteiger partial charge in [-0.3, -0.25) is 4.57 Å². The van der Waals surface area contributed by atoms with Crippen molar-refractivity contribution in [3.63, 3.8) is 0 Å². The van der Waals surface area contributed by atoms with Crippen LogP contribution in [0.15, 0.2) is 206 Å². The maximum Gasteiger partial charge on any atom is 0.235 e. The Labute approximate surface area is 324 Å². The molecule has 11 rings (SSSR count). The first-order valence-corrected chi connectivity index (χ1v) is 19.0. The third kappa shape index (κ3) is 5.23. The van der Waals surface area contributed by atoms with Crippen LogP contribution in [0.2, 0.25) is 0 Å². The monoisotopic (exact) mass is 714 g/mol. The second-order valence-electron chi connectivity index (χ2n) is 14.2. The van der Waals surface area contributed by atoms with Gasteiger partial charge < -0.3 is 4.57 Å². The molecule has 0 aliphatic carbocycles. The van der Waals surface area contributed by atoms with Gasteiger partial charge in [-0.1, -0.05) is 158 Å². The molecule has 0 amide bonds. The zero-order chi connectivity index (χ0) is 37.0. The molecule has 0 bridgehead atoms. The highest BCUT2D eigenvalue weighted by Gasteiger charge is 2.19. The van der Waals surface area contributed by atoms with Gasteiger partial charge in [0, 0.05) is 38.2 Å². The Hall–Kier alpha value is -7.56. The summed E-state index contributed by atoms with van der Waals surface area (Å²) >= 11 is 0. The van der Waals surface area contributed by atoms with Gasteiger partial charge >= 0.3 is 0 Å². The molecule has 262 valence electrons. The van der Waals surface area contributed by atoms with Gasteiger partial charge in [0.2, 0.25) is 5.95 Å². The average Bonchev–Trinajstić information content (AvgIpc) is 3.79. The van der Waals surface area contributed by atoms with Gasteiger partial charge in [0.05, 0.1) is 39.1 Å². The molecule has 4 nitrogen and oxygen atoms in total. The average molecular weight is 715 g/mol. The Bertz CT molecular complexity index is 3170. The number of benzene rings is 8. The molecule has 0 saturated heterocycles. The van der Waals surface area contributed by atoms with E-state index in [4.69, 9.17) is 9.97 Å². The first-order chi connectivity index (χ1) is 27.8. The molecule has 0 atom stereocenters. The van der Waals surface area contributed by atoms with E-state index in [9.17, 15) is 0 Å². The van der Waals surface area contributed by atoms with E-state index in [1.54, 1.807) is 0 Å². The van der Waals surface area contributed by atoms with Crippen LogP contribution in [0.1, 0.15) is 0 Å². The molecule has 3 aromatic heterocycles. The minimum Gasteiger partial charge on any atom is -0.309 e. The molecule has 4 heteroatoms. The van der Waals surface area contributed by atoms with Crippen LogP contribution in [-0.4, -0.2) is 19.1 Å². The topological polar surface area (TPSA) is 35.6 Å². The lowest BCUT2D eigenvalue weighted by Crippen LogP contribution is -2.03. The zero-order valence-electron chi connectivity index (χ0n) is 30.4. The van der Waals surface area contributed by atoms with E-state index in [1.165, 1.54) is 44.2 Å². The SMILES string of the molecule is c1ccc(-c2cc(-c3ccccc3)nc(-n3c4ccccc4c4cc(-c5ccc6c(c5)c5ccccc5n6-c5ccccc5-c5ccccc5)ccc43)n2)cc1. The molecule has 0 aliphatic rings. The lowest BCUT2D eigenvalue weighted by atomic mass is 10.0. The molecule has 11 aromatic rings. The molecule has 8 aromatic carbocycles. The number of rotatable bonds is 6. The van der Waals surface area contributed by atoms with Crippen LogP contribution in [0.3, 0.4) is 0 Å². The summed E-state index contributed by atoms with van der Waals surface area (Å²) < 4.78 is 4.63. The van der Waals surface area contributed by atoms with Gasteiger partial charge in [-0.25, -0.2) is 9.97 Å². The molecule has 0 unspecified atom stereocenters. The molecule has 0 spiro atoms. The number of aromatic nitrogens is 4. The summed E-state index contributed by atoms with van der Waals surface area (Å²) in [5.41, 5.74) is 14.3. The summed E-state index contributed by atoms with van der Waals surface area (Å²) in [7, 11) is 0. The van der Waals surface area contributed by atoms with Crippen molar-refractivity contribution in [2.75, 3.05) is 0 Å². The van der Waals surface area contributed by atoms with Crippen molar-refractivity contribution in [1.82, 2.24) is 19.1 Å². The highest BCUT2D eigenvalue weighted by molar-refractivity contribution is 6.13. The normalized spacial score (nSPS) is 11.6. The number of nitrogens with zero attached hydrogens (tertiary/aromatic N) is 4. The Morgan fingerprint density at radius 1 is 0.286 bits per heavy atom. The number of hydrogen-bond donors (Lipinski definition) is 0. The molecular weight excluding hydrogens is 681 g/mol. The third-order valence-electron chi connectivity index (χ3n) is 11.0. The minimum absolute atomic E-state index is 0.647. The highest BCUT2D eigenvalue weighted by Crippen LogP contribution is 2.40. The second kappa shape index (κ2) is 13.1. The summed E-state index contributed by atoms with van der Waals surface area (Å²) in [5, 5.41) is 4.78. The van der Waals surface area contributed by atoms with Gasteiger partial charge in [0.15, 0.2) is 0 Å². The molecule has 0 radical (unpaired) electrons. The lowest BCUT2D eigenvalue weighted by Gasteiger charge is -2.14. The second-order valence-corrected chi connectivity index (χ2v) is 14.2. The van der Waals surface area contributed by atoms with Crippen molar-refractivity contribution in [2.45, 2.75) is 0 Å². The van der Waals surface area contributed by atoms with Gasteiger partial charge in [-0.05, 0) is 65.2 Å². The Morgan fingerprint density at radius 3 is 1.29 bits per heavy atom. The molecule has 56 heavy (non-hydrogen) atoms.